The molecule has 0 spiro atoms. The molecule has 0 saturated carbocycles. The lowest BCUT2D eigenvalue weighted by Gasteiger charge is -2.08. The van der Waals surface area contributed by atoms with Crippen LogP contribution in [0.3, 0.4) is 0 Å². The number of thioether (sulfide) groups is 1. The van der Waals surface area contributed by atoms with Crippen LogP contribution in [-0.2, 0) is 22.5 Å². The van der Waals surface area contributed by atoms with Gasteiger partial charge in [-0.05, 0) is 12.8 Å². The van der Waals surface area contributed by atoms with Crippen molar-refractivity contribution in [3.63, 3.8) is 0 Å². The predicted molar refractivity (Wildman–Crippen MR) is 73.0 cm³/mol. The number of carbonyl (C=O) groups is 1. The maximum Gasteiger partial charge on any atom is 0.320 e. The van der Waals surface area contributed by atoms with Gasteiger partial charge in [0.2, 0.25) is 0 Å². The Balaban J connectivity index is 1.98. The second kappa shape index (κ2) is 6.56. The van der Waals surface area contributed by atoms with Crippen molar-refractivity contribution < 1.29 is 9.53 Å². The van der Waals surface area contributed by atoms with Gasteiger partial charge in [0, 0.05) is 18.7 Å². The SMILES string of the molecule is COC(=O)C(Br)CSc1nnc2n1CCCCC2. The summed E-state index contributed by atoms with van der Waals surface area (Å²) in [5.41, 5.74) is 0. The molecule has 0 fully saturated rings. The molecule has 1 atom stereocenters. The first-order valence-corrected chi connectivity index (χ1v) is 7.89. The topological polar surface area (TPSA) is 57.0 Å². The summed E-state index contributed by atoms with van der Waals surface area (Å²) in [6.45, 7) is 0.982. The van der Waals surface area contributed by atoms with E-state index in [1.165, 1.54) is 26.4 Å². The maximum atomic E-state index is 11.3. The van der Waals surface area contributed by atoms with Crippen molar-refractivity contribution in [2.45, 2.75) is 42.2 Å². The summed E-state index contributed by atoms with van der Waals surface area (Å²) < 4.78 is 6.85. The van der Waals surface area contributed by atoms with Gasteiger partial charge in [-0.3, -0.25) is 4.79 Å². The van der Waals surface area contributed by atoms with E-state index >= 15 is 0 Å². The van der Waals surface area contributed by atoms with E-state index in [9.17, 15) is 4.79 Å². The zero-order valence-electron chi connectivity index (χ0n) is 10.3. The Morgan fingerprint density at radius 2 is 2.33 bits per heavy atom. The minimum Gasteiger partial charge on any atom is -0.468 e. The van der Waals surface area contributed by atoms with Gasteiger partial charge in [0.1, 0.15) is 10.7 Å². The highest BCUT2D eigenvalue weighted by atomic mass is 79.9. The van der Waals surface area contributed by atoms with E-state index in [1.807, 2.05) is 0 Å². The lowest BCUT2D eigenvalue weighted by atomic mass is 10.2. The average molecular weight is 334 g/mol. The molecule has 2 heterocycles. The zero-order valence-corrected chi connectivity index (χ0v) is 12.7. The molecule has 18 heavy (non-hydrogen) atoms. The van der Waals surface area contributed by atoms with Gasteiger partial charge in [-0.1, -0.05) is 34.1 Å². The molecule has 0 aromatic carbocycles. The molecular formula is C11H16BrN3O2S. The standard InChI is InChI=1S/C11H16BrN3O2S/c1-17-10(16)8(12)7-18-11-14-13-9-5-3-2-4-6-15(9)11/h8H,2-7H2,1H3. The maximum absolute atomic E-state index is 11.3. The van der Waals surface area contributed by atoms with Crippen LogP contribution in [0.15, 0.2) is 5.16 Å². The third kappa shape index (κ3) is 3.26. The summed E-state index contributed by atoms with van der Waals surface area (Å²) in [4.78, 5) is 11.0. The first-order valence-electron chi connectivity index (χ1n) is 5.99. The molecule has 0 N–H and O–H groups in total. The van der Waals surface area contributed by atoms with E-state index < -0.39 is 0 Å². The van der Waals surface area contributed by atoms with E-state index in [2.05, 4.69) is 35.4 Å². The molecule has 5 nitrogen and oxygen atoms in total. The molecule has 1 unspecified atom stereocenters. The first-order chi connectivity index (χ1) is 8.72. The number of esters is 1. The third-order valence-corrected chi connectivity index (χ3v) is 5.08. The van der Waals surface area contributed by atoms with Crippen LogP contribution >= 0.6 is 27.7 Å². The number of aromatic nitrogens is 3. The summed E-state index contributed by atoms with van der Waals surface area (Å²) >= 11 is 4.85. The Hall–Kier alpha value is -0.560. The lowest BCUT2D eigenvalue weighted by molar-refractivity contribution is -0.139. The Kier molecular flexibility index (Phi) is 5.05. The number of ether oxygens (including phenoxy) is 1. The highest BCUT2D eigenvalue weighted by molar-refractivity contribution is 9.10. The van der Waals surface area contributed by atoms with Gasteiger partial charge in [-0.2, -0.15) is 0 Å². The molecule has 2 rings (SSSR count). The van der Waals surface area contributed by atoms with Gasteiger partial charge in [-0.25, -0.2) is 0 Å². The van der Waals surface area contributed by atoms with Crippen molar-refractivity contribution in [3.8, 4) is 0 Å². The number of nitrogens with zero attached hydrogens (tertiary/aromatic N) is 3. The van der Waals surface area contributed by atoms with Crippen LogP contribution < -0.4 is 0 Å². The molecular weight excluding hydrogens is 318 g/mol. The molecule has 0 saturated heterocycles. The Morgan fingerprint density at radius 3 is 3.11 bits per heavy atom. The van der Waals surface area contributed by atoms with Crippen LogP contribution in [0.2, 0.25) is 0 Å². The summed E-state index contributed by atoms with van der Waals surface area (Å²) in [7, 11) is 1.39. The van der Waals surface area contributed by atoms with Gasteiger partial charge in [0.05, 0.1) is 7.11 Å². The van der Waals surface area contributed by atoms with Crippen LogP contribution in [0, 0.1) is 0 Å². The quantitative estimate of drug-likeness (QED) is 0.479. The van der Waals surface area contributed by atoms with Crippen LogP contribution in [0.25, 0.3) is 0 Å². The number of methoxy groups -OCH3 is 1. The fourth-order valence-corrected chi connectivity index (χ4v) is 3.37. The lowest BCUT2D eigenvalue weighted by Crippen LogP contribution is -2.18. The molecule has 1 aliphatic heterocycles. The highest BCUT2D eigenvalue weighted by Gasteiger charge is 2.19. The van der Waals surface area contributed by atoms with E-state index in [-0.39, 0.29) is 10.8 Å². The number of hydrogen-bond donors (Lipinski definition) is 0. The van der Waals surface area contributed by atoms with E-state index in [1.54, 1.807) is 11.8 Å². The van der Waals surface area contributed by atoms with Crippen molar-refractivity contribution in [1.82, 2.24) is 14.8 Å². The molecule has 0 radical (unpaired) electrons. The Bertz CT molecular complexity index is 424. The zero-order chi connectivity index (χ0) is 13.0. The van der Waals surface area contributed by atoms with Crippen molar-refractivity contribution in [3.05, 3.63) is 5.82 Å². The summed E-state index contributed by atoms with van der Waals surface area (Å²) in [5.74, 6) is 1.42. The number of hydrogen-bond acceptors (Lipinski definition) is 5. The summed E-state index contributed by atoms with van der Waals surface area (Å²) in [5, 5.41) is 9.32. The van der Waals surface area contributed by atoms with Gasteiger partial charge in [0.15, 0.2) is 5.16 Å². The monoisotopic (exact) mass is 333 g/mol. The molecule has 1 aromatic rings. The number of aryl methyl sites for hydroxylation is 1. The summed E-state index contributed by atoms with van der Waals surface area (Å²) in [6.07, 6.45) is 4.61. The van der Waals surface area contributed by atoms with E-state index in [0.717, 1.165) is 23.9 Å². The van der Waals surface area contributed by atoms with Gasteiger partial charge < -0.3 is 9.30 Å². The van der Waals surface area contributed by atoms with Crippen LogP contribution in [0.4, 0.5) is 0 Å². The normalized spacial score (nSPS) is 16.8. The van der Waals surface area contributed by atoms with Crippen molar-refractivity contribution in [1.29, 1.82) is 0 Å². The fraction of sp³-hybridized carbons (Fsp3) is 0.727. The van der Waals surface area contributed by atoms with Crippen molar-refractivity contribution in [2.75, 3.05) is 12.9 Å². The molecule has 0 bridgehead atoms. The van der Waals surface area contributed by atoms with E-state index in [4.69, 9.17) is 0 Å². The fourth-order valence-electron chi connectivity index (χ4n) is 1.91. The van der Waals surface area contributed by atoms with Gasteiger partial charge in [-0.15, -0.1) is 10.2 Å². The summed E-state index contributed by atoms with van der Waals surface area (Å²) in [6, 6.07) is 0. The number of rotatable bonds is 4. The number of alkyl halides is 1. The second-order valence-corrected chi connectivity index (χ2v) is 6.26. The first kappa shape index (κ1) is 13.9. The molecule has 0 aliphatic carbocycles. The number of carbonyl (C=O) groups excluding carboxylic acids is 1. The average Bonchev–Trinajstić information content (AvgIpc) is 2.62. The van der Waals surface area contributed by atoms with Crippen LogP contribution in [0.1, 0.15) is 25.1 Å². The predicted octanol–water partition coefficient (Wildman–Crippen LogP) is 2.03. The molecule has 0 amide bonds. The largest absolute Gasteiger partial charge is 0.468 e. The number of fused-ring (bicyclic) bond motifs is 1. The third-order valence-electron chi connectivity index (χ3n) is 2.89. The Morgan fingerprint density at radius 1 is 1.50 bits per heavy atom. The molecule has 1 aromatic heterocycles. The highest BCUT2D eigenvalue weighted by Crippen LogP contribution is 2.23. The minimum atomic E-state index is -0.300. The van der Waals surface area contributed by atoms with Crippen LogP contribution in [0.5, 0.6) is 0 Å². The minimum absolute atomic E-state index is 0.252. The van der Waals surface area contributed by atoms with Crippen LogP contribution in [-0.4, -0.2) is 38.4 Å². The van der Waals surface area contributed by atoms with Crippen molar-refractivity contribution >= 4 is 33.7 Å². The van der Waals surface area contributed by atoms with Gasteiger partial charge >= 0.3 is 5.97 Å². The molecule has 1 aliphatic rings. The Labute approximate surface area is 119 Å². The van der Waals surface area contributed by atoms with E-state index in [0.29, 0.717) is 5.75 Å². The number of halogens is 1. The molecule has 100 valence electrons. The second-order valence-electron chi connectivity index (χ2n) is 4.16. The smallest absolute Gasteiger partial charge is 0.320 e. The molecule has 7 heteroatoms. The van der Waals surface area contributed by atoms with Crippen molar-refractivity contribution in [2.24, 2.45) is 0 Å². The van der Waals surface area contributed by atoms with Gasteiger partial charge in [0.25, 0.3) is 0 Å².